The number of benzene rings is 1. The van der Waals surface area contributed by atoms with Crippen molar-refractivity contribution in [2.45, 2.75) is 13.3 Å². The quantitative estimate of drug-likeness (QED) is 0.628. The van der Waals surface area contributed by atoms with Crippen LogP contribution in [0.1, 0.15) is 24.5 Å². The van der Waals surface area contributed by atoms with Crippen molar-refractivity contribution in [1.29, 1.82) is 0 Å². The average molecular weight is 158 g/mol. The van der Waals surface area contributed by atoms with E-state index in [1.807, 2.05) is 6.08 Å². The Balaban J connectivity index is 2.77. The van der Waals surface area contributed by atoms with Crippen molar-refractivity contribution in [3.63, 3.8) is 0 Å². The Morgan fingerprint density at radius 2 is 1.75 bits per heavy atom. The van der Waals surface area contributed by atoms with Crippen molar-refractivity contribution >= 4 is 12.2 Å². The van der Waals surface area contributed by atoms with E-state index in [4.69, 9.17) is 0 Å². The van der Waals surface area contributed by atoms with Crippen LogP contribution in [-0.2, 0) is 0 Å². The molecule has 62 valence electrons. The second kappa shape index (κ2) is 4.55. The van der Waals surface area contributed by atoms with Crippen molar-refractivity contribution in [3.8, 4) is 0 Å². The minimum absolute atomic E-state index is 1.09. The molecule has 0 radical (unpaired) electrons. The van der Waals surface area contributed by atoms with E-state index in [0.717, 1.165) is 6.42 Å². The lowest BCUT2D eigenvalue weighted by Crippen LogP contribution is -1.73. The van der Waals surface area contributed by atoms with E-state index >= 15 is 0 Å². The van der Waals surface area contributed by atoms with Crippen molar-refractivity contribution in [1.82, 2.24) is 0 Å². The normalized spacial score (nSPS) is 10.4. The average Bonchev–Trinajstić information content (AvgIpc) is 2.15. The molecule has 0 aromatic heterocycles. The minimum atomic E-state index is 1.09. The highest BCUT2D eigenvalue weighted by Gasteiger charge is 1.85. The molecule has 0 nitrogen and oxygen atoms in total. The fraction of sp³-hybridized carbons (Fsp3) is 0.167. The lowest BCUT2D eigenvalue weighted by molar-refractivity contribution is 1.23. The molecule has 0 heterocycles. The second-order valence-electron chi connectivity index (χ2n) is 2.68. The third kappa shape index (κ3) is 2.39. The van der Waals surface area contributed by atoms with E-state index < -0.39 is 0 Å². The van der Waals surface area contributed by atoms with Gasteiger partial charge >= 0.3 is 0 Å². The SMILES string of the molecule is C=Cc1ccc(/C=C\CC)cc1. The molecule has 0 aliphatic heterocycles. The van der Waals surface area contributed by atoms with Crippen LogP contribution >= 0.6 is 0 Å². The Morgan fingerprint density at radius 1 is 1.17 bits per heavy atom. The summed E-state index contributed by atoms with van der Waals surface area (Å²) < 4.78 is 0. The molecule has 0 aliphatic carbocycles. The fourth-order valence-electron chi connectivity index (χ4n) is 0.997. The first-order chi connectivity index (χ1) is 5.86. The summed E-state index contributed by atoms with van der Waals surface area (Å²) >= 11 is 0. The summed E-state index contributed by atoms with van der Waals surface area (Å²) in [5, 5.41) is 0. The van der Waals surface area contributed by atoms with Crippen molar-refractivity contribution < 1.29 is 0 Å². The molecule has 1 rings (SSSR count). The zero-order valence-electron chi connectivity index (χ0n) is 7.46. The molecule has 0 saturated heterocycles. The third-order valence-electron chi connectivity index (χ3n) is 1.72. The first kappa shape index (κ1) is 8.79. The second-order valence-corrected chi connectivity index (χ2v) is 2.68. The number of hydrogen-bond acceptors (Lipinski definition) is 0. The molecule has 0 atom stereocenters. The molecule has 12 heavy (non-hydrogen) atoms. The van der Waals surface area contributed by atoms with Gasteiger partial charge in [0.15, 0.2) is 0 Å². The van der Waals surface area contributed by atoms with Crippen LogP contribution in [0.4, 0.5) is 0 Å². The van der Waals surface area contributed by atoms with E-state index in [-0.39, 0.29) is 0 Å². The van der Waals surface area contributed by atoms with Crippen LogP contribution < -0.4 is 0 Å². The monoisotopic (exact) mass is 158 g/mol. The van der Waals surface area contributed by atoms with E-state index in [1.54, 1.807) is 0 Å². The largest absolute Gasteiger partial charge is 0.0985 e. The first-order valence-corrected chi connectivity index (χ1v) is 4.26. The van der Waals surface area contributed by atoms with Crippen LogP contribution in [-0.4, -0.2) is 0 Å². The van der Waals surface area contributed by atoms with Gasteiger partial charge in [-0.15, -0.1) is 0 Å². The molecular formula is C12H14. The number of rotatable bonds is 3. The summed E-state index contributed by atoms with van der Waals surface area (Å²) in [5.74, 6) is 0. The maximum atomic E-state index is 3.70. The van der Waals surface area contributed by atoms with Crippen molar-refractivity contribution in [2.24, 2.45) is 0 Å². The molecular weight excluding hydrogens is 144 g/mol. The molecule has 0 spiro atoms. The van der Waals surface area contributed by atoms with Crippen LogP contribution in [0.15, 0.2) is 36.9 Å². The highest BCUT2D eigenvalue weighted by atomic mass is 13.9. The van der Waals surface area contributed by atoms with E-state index in [2.05, 4.69) is 49.9 Å². The zero-order chi connectivity index (χ0) is 8.81. The molecule has 1 aromatic carbocycles. The molecule has 0 unspecified atom stereocenters. The third-order valence-corrected chi connectivity index (χ3v) is 1.72. The summed E-state index contributed by atoms with van der Waals surface area (Å²) in [6.07, 6.45) is 7.23. The molecule has 0 heteroatoms. The summed E-state index contributed by atoms with van der Waals surface area (Å²) in [4.78, 5) is 0. The van der Waals surface area contributed by atoms with Gasteiger partial charge in [0, 0.05) is 0 Å². The van der Waals surface area contributed by atoms with Gasteiger partial charge in [0.25, 0.3) is 0 Å². The maximum absolute atomic E-state index is 3.70. The van der Waals surface area contributed by atoms with Gasteiger partial charge in [0.05, 0.1) is 0 Å². The number of allylic oxidation sites excluding steroid dienone is 1. The van der Waals surface area contributed by atoms with Crippen molar-refractivity contribution in [2.75, 3.05) is 0 Å². The van der Waals surface area contributed by atoms with Gasteiger partial charge in [-0.2, -0.15) is 0 Å². The Kier molecular flexibility index (Phi) is 3.34. The van der Waals surface area contributed by atoms with Gasteiger partial charge in [-0.3, -0.25) is 0 Å². The molecule has 0 N–H and O–H groups in total. The summed E-state index contributed by atoms with van der Waals surface area (Å²) in [6, 6.07) is 8.34. The van der Waals surface area contributed by atoms with E-state index in [0.29, 0.717) is 0 Å². The van der Waals surface area contributed by atoms with Crippen LogP contribution in [0.25, 0.3) is 12.2 Å². The van der Waals surface area contributed by atoms with Gasteiger partial charge in [0.1, 0.15) is 0 Å². The highest BCUT2D eigenvalue weighted by Crippen LogP contribution is 2.07. The van der Waals surface area contributed by atoms with Gasteiger partial charge < -0.3 is 0 Å². The van der Waals surface area contributed by atoms with E-state index in [1.165, 1.54) is 11.1 Å². The lowest BCUT2D eigenvalue weighted by atomic mass is 10.1. The standard InChI is InChI=1S/C12H14/c1-3-5-6-12-9-7-11(4-2)8-10-12/h4-10H,2-3H2,1H3/b6-5-. The molecule has 0 amide bonds. The lowest BCUT2D eigenvalue weighted by Gasteiger charge is -1.94. The maximum Gasteiger partial charge on any atom is -0.0259 e. The zero-order valence-corrected chi connectivity index (χ0v) is 7.46. The summed E-state index contributed by atoms with van der Waals surface area (Å²) in [5.41, 5.74) is 2.42. The van der Waals surface area contributed by atoms with Crippen LogP contribution in [0.5, 0.6) is 0 Å². The fourth-order valence-corrected chi connectivity index (χ4v) is 0.997. The van der Waals surface area contributed by atoms with Crippen molar-refractivity contribution in [3.05, 3.63) is 48.0 Å². The van der Waals surface area contributed by atoms with Crippen LogP contribution in [0, 0.1) is 0 Å². The van der Waals surface area contributed by atoms with E-state index in [9.17, 15) is 0 Å². The Hall–Kier alpha value is -1.30. The summed E-state index contributed by atoms with van der Waals surface area (Å²) in [6.45, 7) is 5.84. The van der Waals surface area contributed by atoms with Crippen LogP contribution in [0.3, 0.4) is 0 Å². The topological polar surface area (TPSA) is 0 Å². The highest BCUT2D eigenvalue weighted by molar-refractivity contribution is 5.54. The van der Waals surface area contributed by atoms with Gasteiger partial charge in [-0.25, -0.2) is 0 Å². The summed E-state index contributed by atoms with van der Waals surface area (Å²) in [7, 11) is 0. The Labute approximate surface area is 74.2 Å². The van der Waals surface area contributed by atoms with Gasteiger partial charge in [-0.1, -0.05) is 56.0 Å². The van der Waals surface area contributed by atoms with Gasteiger partial charge in [-0.05, 0) is 17.5 Å². The molecule has 1 aromatic rings. The predicted octanol–water partition coefficient (Wildman–Crippen LogP) is 3.75. The molecule has 0 fully saturated rings. The minimum Gasteiger partial charge on any atom is -0.0985 e. The first-order valence-electron chi connectivity index (χ1n) is 4.26. The Morgan fingerprint density at radius 3 is 2.25 bits per heavy atom. The molecule has 0 saturated carbocycles. The van der Waals surface area contributed by atoms with Gasteiger partial charge in [0.2, 0.25) is 0 Å². The van der Waals surface area contributed by atoms with Crippen LogP contribution in [0.2, 0.25) is 0 Å². The molecule has 0 aliphatic rings. The number of hydrogen-bond donors (Lipinski definition) is 0. The smallest absolute Gasteiger partial charge is 0.0259 e. The molecule has 0 bridgehead atoms. The predicted molar refractivity (Wildman–Crippen MR) is 55.9 cm³/mol. The Bertz CT molecular complexity index is 265.